The number of nitrogens with two attached hydrogens (primary N) is 1. The third kappa shape index (κ3) is 3.95. The number of alkyl halides is 3. The molecule has 2 N–H and O–H groups in total. The van der Waals surface area contributed by atoms with E-state index in [-0.39, 0.29) is 0 Å². The normalized spacial score (nSPS) is 13.0. The lowest BCUT2D eigenvalue weighted by molar-refractivity contribution is -0.137. The SMILES string of the molecule is COc1cncc(C(N)Cc2cccc(C(F)(F)F)c2)c1. The molecule has 112 valence electrons. The van der Waals surface area contributed by atoms with E-state index >= 15 is 0 Å². The van der Waals surface area contributed by atoms with Crippen molar-refractivity contribution in [2.75, 3.05) is 7.11 Å². The van der Waals surface area contributed by atoms with E-state index in [0.717, 1.165) is 12.1 Å². The average Bonchev–Trinajstić information content (AvgIpc) is 2.46. The first kappa shape index (κ1) is 15.3. The molecule has 0 amide bonds. The first-order valence-electron chi connectivity index (χ1n) is 6.31. The van der Waals surface area contributed by atoms with Crippen LogP contribution in [0.4, 0.5) is 13.2 Å². The number of nitrogens with zero attached hydrogens (tertiary/aromatic N) is 1. The van der Waals surface area contributed by atoms with Crippen LogP contribution in [0.25, 0.3) is 0 Å². The zero-order valence-electron chi connectivity index (χ0n) is 11.4. The van der Waals surface area contributed by atoms with E-state index < -0.39 is 17.8 Å². The van der Waals surface area contributed by atoms with Crippen molar-refractivity contribution in [3.8, 4) is 5.75 Å². The molecule has 1 atom stereocenters. The minimum atomic E-state index is -4.35. The molecular formula is C15H15F3N2O. The van der Waals surface area contributed by atoms with Crippen molar-refractivity contribution in [3.63, 3.8) is 0 Å². The summed E-state index contributed by atoms with van der Waals surface area (Å²) in [7, 11) is 1.51. The Bertz CT molecular complexity index is 614. The standard InChI is InChI=1S/C15H15F3N2O/c1-21-13-7-11(8-20-9-13)14(19)6-10-3-2-4-12(5-10)15(16,17)18/h2-5,7-9,14H,6,19H2,1H3. The summed E-state index contributed by atoms with van der Waals surface area (Å²) < 4.78 is 43.1. The lowest BCUT2D eigenvalue weighted by Gasteiger charge is -2.14. The van der Waals surface area contributed by atoms with Crippen molar-refractivity contribution < 1.29 is 17.9 Å². The number of methoxy groups -OCH3 is 1. The van der Waals surface area contributed by atoms with Crippen molar-refractivity contribution in [2.24, 2.45) is 5.73 Å². The molecule has 0 saturated carbocycles. The van der Waals surface area contributed by atoms with Crippen LogP contribution in [0, 0.1) is 0 Å². The lowest BCUT2D eigenvalue weighted by Crippen LogP contribution is -2.14. The molecule has 6 heteroatoms. The molecule has 2 rings (SSSR count). The van der Waals surface area contributed by atoms with E-state index in [1.807, 2.05) is 0 Å². The van der Waals surface area contributed by atoms with Crippen molar-refractivity contribution in [3.05, 3.63) is 59.4 Å². The molecule has 0 aliphatic rings. The van der Waals surface area contributed by atoms with Gasteiger partial charge < -0.3 is 10.5 Å². The molecule has 0 aliphatic carbocycles. The van der Waals surface area contributed by atoms with Crippen LogP contribution in [-0.4, -0.2) is 12.1 Å². The van der Waals surface area contributed by atoms with Crippen LogP contribution < -0.4 is 10.5 Å². The van der Waals surface area contributed by atoms with Crippen LogP contribution in [0.3, 0.4) is 0 Å². The Morgan fingerprint density at radius 3 is 2.67 bits per heavy atom. The smallest absolute Gasteiger partial charge is 0.416 e. The number of pyridine rings is 1. The van der Waals surface area contributed by atoms with Crippen molar-refractivity contribution >= 4 is 0 Å². The highest BCUT2D eigenvalue weighted by Crippen LogP contribution is 2.30. The largest absolute Gasteiger partial charge is 0.495 e. The fourth-order valence-corrected chi connectivity index (χ4v) is 2.00. The molecular weight excluding hydrogens is 281 g/mol. The van der Waals surface area contributed by atoms with Gasteiger partial charge in [0.25, 0.3) is 0 Å². The number of halogens is 3. The monoisotopic (exact) mass is 296 g/mol. The van der Waals surface area contributed by atoms with Gasteiger partial charge in [0.05, 0.1) is 18.9 Å². The summed E-state index contributed by atoms with van der Waals surface area (Å²) in [6, 6.07) is 6.45. The molecule has 2 aromatic rings. The van der Waals surface area contributed by atoms with Crippen LogP contribution in [0.1, 0.15) is 22.7 Å². The molecule has 0 saturated heterocycles. The van der Waals surface area contributed by atoms with Crippen molar-refractivity contribution in [2.45, 2.75) is 18.6 Å². The maximum atomic E-state index is 12.7. The summed E-state index contributed by atoms with van der Waals surface area (Å²) in [4.78, 5) is 3.99. The Morgan fingerprint density at radius 1 is 1.24 bits per heavy atom. The average molecular weight is 296 g/mol. The quantitative estimate of drug-likeness (QED) is 0.941. The van der Waals surface area contributed by atoms with Gasteiger partial charge in [-0.25, -0.2) is 0 Å². The molecule has 0 fully saturated rings. The molecule has 1 heterocycles. The molecule has 1 unspecified atom stereocenters. The second kappa shape index (κ2) is 6.13. The zero-order valence-corrected chi connectivity index (χ0v) is 11.4. The Hall–Kier alpha value is -2.08. The van der Waals surface area contributed by atoms with Crippen molar-refractivity contribution in [1.29, 1.82) is 0 Å². The summed E-state index contributed by atoms with van der Waals surface area (Å²) in [6.07, 6.45) is -0.933. The van der Waals surface area contributed by atoms with Gasteiger partial charge in [-0.3, -0.25) is 4.98 Å². The number of rotatable bonds is 4. The number of hydrogen-bond donors (Lipinski definition) is 1. The molecule has 0 spiro atoms. The Morgan fingerprint density at radius 2 is 2.00 bits per heavy atom. The first-order valence-corrected chi connectivity index (χ1v) is 6.31. The van der Waals surface area contributed by atoms with Crippen molar-refractivity contribution in [1.82, 2.24) is 4.98 Å². The highest BCUT2D eigenvalue weighted by atomic mass is 19.4. The number of aromatic nitrogens is 1. The molecule has 1 aromatic carbocycles. The van der Waals surface area contributed by atoms with Gasteiger partial charge in [0, 0.05) is 12.2 Å². The van der Waals surface area contributed by atoms with Gasteiger partial charge in [-0.15, -0.1) is 0 Å². The Balaban J connectivity index is 2.17. The van der Waals surface area contributed by atoms with Crippen LogP contribution in [0.15, 0.2) is 42.7 Å². The summed E-state index contributed by atoms with van der Waals surface area (Å²) in [5.41, 5.74) is 6.61. The van der Waals surface area contributed by atoms with Gasteiger partial charge in [-0.1, -0.05) is 18.2 Å². The third-order valence-corrected chi connectivity index (χ3v) is 3.11. The van der Waals surface area contributed by atoms with E-state index in [9.17, 15) is 13.2 Å². The summed E-state index contributed by atoms with van der Waals surface area (Å²) in [5, 5.41) is 0. The van der Waals surface area contributed by atoms with E-state index in [1.165, 1.54) is 13.2 Å². The van der Waals surface area contributed by atoms with Gasteiger partial charge in [0.2, 0.25) is 0 Å². The second-order valence-electron chi connectivity index (χ2n) is 4.67. The molecule has 0 aliphatic heterocycles. The highest BCUT2D eigenvalue weighted by molar-refractivity contribution is 5.30. The second-order valence-corrected chi connectivity index (χ2v) is 4.67. The van der Waals surface area contributed by atoms with Gasteiger partial charge in [-0.05, 0) is 29.7 Å². The van der Waals surface area contributed by atoms with E-state index in [0.29, 0.717) is 23.3 Å². The topological polar surface area (TPSA) is 48.1 Å². The molecule has 0 radical (unpaired) electrons. The number of ether oxygens (including phenoxy) is 1. The predicted octanol–water partition coefficient (Wildman–Crippen LogP) is 3.35. The summed E-state index contributed by atoms with van der Waals surface area (Å²) in [6.45, 7) is 0. The van der Waals surface area contributed by atoms with E-state index in [1.54, 1.807) is 24.5 Å². The van der Waals surface area contributed by atoms with Crippen LogP contribution in [0.2, 0.25) is 0 Å². The van der Waals surface area contributed by atoms with Gasteiger partial charge in [0.15, 0.2) is 0 Å². The third-order valence-electron chi connectivity index (χ3n) is 3.11. The van der Waals surface area contributed by atoms with Crippen LogP contribution in [-0.2, 0) is 12.6 Å². The molecule has 1 aromatic heterocycles. The highest BCUT2D eigenvalue weighted by Gasteiger charge is 2.30. The molecule has 21 heavy (non-hydrogen) atoms. The predicted molar refractivity (Wildman–Crippen MR) is 72.9 cm³/mol. The zero-order chi connectivity index (χ0) is 15.5. The minimum absolute atomic E-state index is 0.290. The lowest BCUT2D eigenvalue weighted by atomic mass is 9.99. The fraction of sp³-hybridized carbons (Fsp3) is 0.267. The Labute approximate surface area is 120 Å². The van der Waals surface area contributed by atoms with Gasteiger partial charge in [-0.2, -0.15) is 13.2 Å². The van der Waals surface area contributed by atoms with Crippen LogP contribution >= 0.6 is 0 Å². The Kier molecular flexibility index (Phi) is 4.47. The first-order chi connectivity index (χ1) is 9.90. The number of benzene rings is 1. The van der Waals surface area contributed by atoms with Gasteiger partial charge in [0.1, 0.15) is 5.75 Å². The maximum absolute atomic E-state index is 12.7. The van der Waals surface area contributed by atoms with E-state index in [4.69, 9.17) is 10.5 Å². The number of hydrogen-bond acceptors (Lipinski definition) is 3. The van der Waals surface area contributed by atoms with Crippen LogP contribution in [0.5, 0.6) is 5.75 Å². The molecule has 3 nitrogen and oxygen atoms in total. The van der Waals surface area contributed by atoms with E-state index in [2.05, 4.69) is 4.98 Å². The maximum Gasteiger partial charge on any atom is 0.416 e. The van der Waals surface area contributed by atoms with Gasteiger partial charge >= 0.3 is 6.18 Å². The summed E-state index contributed by atoms with van der Waals surface area (Å²) >= 11 is 0. The molecule has 0 bridgehead atoms. The fourth-order valence-electron chi connectivity index (χ4n) is 2.00. The minimum Gasteiger partial charge on any atom is -0.495 e. The summed E-state index contributed by atoms with van der Waals surface area (Å²) in [5.74, 6) is 0.562.